The molecular weight excluding hydrogens is 360 g/mol. The molecule has 0 fully saturated rings. The van der Waals surface area contributed by atoms with Gasteiger partial charge in [-0.05, 0) is 40.9 Å². The van der Waals surface area contributed by atoms with Crippen molar-refractivity contribution in [2.24, 2.45) is 5.73 Å². The van der Waals surface area contributed by atoms with E-state index in [0.29, 0.717) is 28.1 Å². The summed E-state index contributed by atoms with van der Waals surface area (Å²) in [7, 11) is 0. The Balaban J connectivity index is 0.00000220. The van der Waals surface area contributed by atoms with Crippen LogP contribution >= 0.6 is 28.3 Å². The summed E-state index contributed by atoms with van der Waals surface area (Å²) in [6.07, 6.45) is 1.63. The molecule has 7 heteroatoms. The molecule has 1 heterocycles. The Bertz CT molecular complexity index is 521. The summed E-state index contributed by atoms with van der Waals surface area (Å²) in [5.74, 6) is 1.05. The Morgan fingerprint density at radius 2 is 2.05 bits per heavy atom. The Morgan fingerprint density at radius 1 is 1.38 bits per heavy atom. The second-order valence-electron chi connectivity index (χ2n) is 4.94. The maximum absolute atomic E-state index is 12.2. The van der Waals surface area contributed by atoms with Crippen LogP contribution in [0.1, 0.15) is 37.0 Å². The quantitative estimate of drug-likeness (QED) is 0.825. The van der Waals surface area contributed by atoms with E-state index >= 15 is 0 Å². The molecule has 0 atom stereocenters. The number of carbonyl (C=O) groups excluding carboxylic acids is 1. The summed E-state index contributed by atoms with van der Waals surface area (Å²) in [6, 6.07) is 3.40. The lowest BCUT2D eigenvalue weighted by atomic mass is 9.94. The Morgan fingerprint density at radius 3 is 2.67 bits per heavy atom. The van der Waals surface area contributed by atoms with Crippen molar-refractivity contribution < 1.29 is 14.3 Å². The number of nitrogens with two attached hydrogens (primary N) is 1. The van der Waals surface area contributed by atoms with Gasteiger partial charge in [-0.15, -0.1) is 12.4 Å². The number of carbonyl (C=O) groups is 1. The predicted molar refractivity (Wildman–Crippen MR) is 87.3 cm³/mol. The zero-order valence-electron chi connectivity index (χ0n) is 12.1. The molecule has 2 rings (SSSR count). The summed E-state index contributed by atoms with van der Waals surface area (Å²) in [4.78, 5) is 12.2. The largest absolute Gasteiger partial charge is 0.454 e. The van der Waals surface area contributed by atoms with E-state index in [0.717, 1.165) is 12.8 Å². The molecule has 1 aromatic carbocycles. The number of benzene rings is 1. The van der Waals surface area contributed by atoms with Gasteiger partial charge in [-0.2, -0.15) is 0 Å². The first-order valence-corrected chi connectivity index (χ1v) is 7.44. The lowest BCUT2D eigenvalue weighted by Crippen LogP contribution is -2.49. The molecule has 118 valence electrons. The zero-order valence-corrected chi connectivity index (χ0v) is 14.5. The molecule has 3 N–H and O–H groups in total. The highest BCUT2D eigenvalue weighted by atomic mass is 79.9. The van der Waals surface area contributed by atoms with Crippen molar-refractivity contribution in [3.8, 4) is 11.5 Å². The molecule has 1 aromatic rings. The van der Waals surface area contributed by atoms with E-state index in [1.807, 2.05) is 13.8 Å². The third-order valence-corrected chi connectivity index (χ3v) is 4.29. The van der Waals surface area contributed by atoms with Gasteiger partial charge in [0.05, 0.1) is 4.47 Å². The normalized spacial score (nSPS) is 12.8. The van der Waals surface area contributed by atoms with Gasteiger partial charge in [-0.3, -0.25) is 4.79 Å². The number of ether oxygens (including phenoxy) is 2. The van der Waals surface area contributed by atoms with E-state index in [1.54, 1.807) is 12.1 Å². The van der Waals surface area contributed by atoms with Gasteiger partial charge in [0, 0.05) is 17.6 Å². The third kappa shape index (κ3) is 4.02. The first-order valence-electron chi connectivity index (χ1n) is 6.65. The van der Waals surface area contributed by atoms with Crippen molar-refractivity contribution in [1.29, 1.82) is 0 Å². The molecule has 0 unspecified atom stereocenters. The van der Waals surface area contributed by atoms with Crippen molar-refractivity contribution in [1.82, 2.24) is 5.32 Å². The Kier molecular flexibility index (Phi) is 6.31. The summed E-state index contributed by atoms with van der Waals surface area (Å²) < 4.78 is 11.3. The van der Waals surface area contributed by atoms with Crippen molar-refractivity contribution in [2.45, 2.75) is 32.2 Å². The summed E-state index contributed by atoms with van der Waals surface area (Å²) in [6.45, 7) is 4.67. The number of fused-ring (bicyclic) bond motifs is 1. The van der Waals surface area contributed by atoms with Crippen LogP contribution in [0.25, 0.3) is 0 Å². The van der Waals surface area contributed by atoms with Crippen molar-refractivity contribution in [2.75, 3.05) is 13.3 Å². The molecule has 0 saturated carbocycles. The Labute approximate surface area is 139 Å². The van der Waals surface area contributed by atoms with Crippen LogP contribution in [0, 0.1) is 0 Å². The number of halogens is 2. The van der Waals surface area contributed by atoms with E-state index < -0.39 is 0 Å². The molecule has 1 aliphatic heterocycles. The van der Waals surface area contributed by atoms with Gasteiger partial charge >= 0.3 is 0 Å². The molecule has 0 saturated heterocycles. The summed E-state index contributed by atoms with van der Waals surface area (Å²) in [5, 5.41) is 2.88. The molecule has 1 amide bonds. The Hall–Kier alpha value is -0.980. The van der Waals surface area contributed by atoms with Gasteiger partial charge in [0.25, 0.3) is 5.91 Å². The van der Waals surface area contributed by atoms with E-state index in [9.17, 15) is 4.79 Å². The fraction of sp³-hybridized carbons (Fsp3) is 0.500. The first-order chi connectivity index (χ1) is 9.49. The van der Waals surface area contributed by atoms with E-state index in [4.69, 9.17) is 15.2 Å². The van der Waals surface area contributed by atoms with E-state index in [1.165, 1.54) is 0 Å². The van der Waals surface area contributed by atoms with Crippen molar-refractivity contribution in [3.05, 3.63) is 22.2 Å². The minimum Gasteiger partial charge on any atom is -0.454 e. The highest BCUT2D eigenvalue weighted by molar-refractivity contribution is 9.10. The fourth-order valence-corrected chi connectivity index (χ4v) is 2.51. The second-order valence-corrected chi connectivity index (χ2v) is 5.80. The second kappa shape index (κ2) is 7.33. The van der Waals surface area contributed by atoms with Crippen molar-refractivity contribution >= 4 is 34.2 Å². The van der Waals surface area contributed by atoms with Crippen LogP contribution in [0.15, 0.2) is 16.6 Å². The number of nitrogens with one attached hydrogen (secondary N) is 1. The summed E-state index contributed by atoms with van der Waals surface area (Å²) >= 11 is 3.37. The maximum atomic E-state index is 12.2. The smallest absolute Gasteiger partial charge is 0.251 e. The SMILES string of the molecule is CCC(N)(CC)CNC(=O)c1cc(Br)c2c(c1)OCO2.Cl. The lowest BCUT2D eigenvalue weighted by molar-refractivity contribution is 0.0941. The van der Waals surface area contributed by atoms with Crippen LogP contribution in [-0.4, -0.2) is 24.8 Å². The minimum absolute atomic E-state index is 0. The van der Waals surface area contributed by atoms with Gasteiger partial charge in [0.1, 0.15) is 0 Å². The van der Waals surface area contributed by atoms with Crippen LogP contribution in [0.5, 0.6) is 11.5 Å². The first kappa shape index (κ1) is 18.1. The van der Waals surface area contributed by atoms with Crippen molar-refractivity contribution in [3.63, 3.8) is 0 Å². The standard InChI is InChI=1S/C14H19BrN2O3.ClH/c1-3-14(16,4-2)7-17-13(18)9-5-10(15)12-11(6-9)19-8-20-12;/h5-6H,3-4,7-8,16H2,1-2H3,(H,17,18);1H. The van der Waals surface area contributed by atoms with Gasteiger partial charge < -0.3 is 20.5 Å². The fourth-order valence-electron chi connectivity index (χ4n) is 1.96. The highest BCUT2D eigenvalue weighted by Crippen LogP contribution is 2.39. The topological polar surface area (TPSA) is 73.6 Å². The monoisotopic (exact) mass is 378 g/mol. The van der Waals surface area contributed by atoms with Gasteiger partial charge in [-0.25, -0.2) is 0 Å². The molecular formula is C14H20BrClN2O3. The van der Waals surface area contributed by atoms with Gasteiger partial charge in [0.2, 0.25) is 6.79 Å². The average Bonchev–Trinajstić information content (AvgIpc) is 2.93. The zero-order chi connectivity index (χ0) is 14.8. The number of rotatable bonds is 5. The average molecular weight is 380 g/mol. The van der Waals surface area contributed by atoms with Crippen LogP contribution in [-0.2, 0) is 0 Å². The third-order valence-electron chi connectivity index (χ3n) is 3.70. The van der Waals surface area contributed by atoms with Crippen LogP contribution < -0.4 is 20.5 Å². The molecule has 0 bridgehead atoms. The van der Waals surface area contributed by atoms with Crippen LogP contribution in [0.2, 0.25) is 0 Å². The molecule has 0 aromatic heterocycles. The number of amides is 1. The number of hydrogen-bond acceptors (Lipinski definition) is 4. The van der Waals surface area contributed by atoms with E-state index in [2.05, 4.69) is 21.2 Å². The van der Waals surface area contributed by atoms with Crippen LogP contribution in [0.3, 0.4) is 0 Å². The molecule has 5 nitrogen and oxygen atoms in total. The minimum atomic E-state index is -0.358. The molecule has 0 spiro atoms. The van der Waals surface area contributed by atoms with Crippen LogP contribution in [0.4, 0.5) is 0 Å². The maximum Gasteiger partial charge on any atom is 0.251 e. The molecule has 0 radical (unpaired) electrons. The molecule has 21 heavy (non-hydrogen) atoms. The molecule has 1 aliphatic rings. The van der Waals surface area contributed by atoms with Gasteiger partial charge in [-0.1, -0.05) is 13.8 Å². The predicted octanol–water partition coefficient (Wildman–Crippen LogP) is 2.85. The molecule has 0 aliphatic carbocycles. The lowest BCUT2D eigenvalue weighted by Gasteiger charge is -2.26. The van der Waals surface area contributed by atoms with Gasteiger partial charge in [0.15, 0.2) is 11.5 Å². The summed E-state index contributed by atoms with van der Waals surface area (Å²) in [5.41, 5.74) is 6.34. The number of hydrogen-bond donors (Lipinski definition) is 2. The highest BCUT2D eigenvalue weighted by Gasteiger charge is 2.23. The van der Waals surface area contributed by atoms with E-state index in [-0.39, 0.29) is 30.6 Å².